The summed E-state index contributed by atoms with van der Waals surface area (Å²) < 4.78 is 4.81. The molecule has 4 nitrogen and oxygen atoms in total. The van der Waals surface area contributed by atoms with Crippen molar-refractivity contribution in [2.75, 3.05) is 11.9 Å². The lowest BCUT2D eigenvalue weighted by Crippen LogP contribution is -2.13. The molecule has 1 aromatic carbocycles. The summed E-state index contributed by atoms with van der Waals surface area (Å²) in [5.74, 6) is 0. The number of nitrogens with one attached hydrogen (secondary N) is 1. The predicted octanol–water partition coefficient (Wildman–Crippen LogP) is 3.46. The van der Waals surface area contributed by atoms with Gasteiger partial charge in [-0.3, -0.25) is 10.3 Å². The van der Waals surface area contributed by atoms with Crippen LogP contribution in [0, 0.1) is 0 Å². The van der Waals surface area contributed by atoms with Crippen molar-refractivity contribution >= 4 is 34.3 Å². The van der Waals surface area contributed by atoms with Crippen LogP contribution < -0.4 is 5.32 Å². The Balaban J connectivity index is 2.41. The summed E-state index contributed by atoms with van der Waals surface area (Å²) in [5, 5.41) is 4.03. The molecule has 0 aliphatic carbocycles. The topological polar surface area (TPSA) is 51.2 Å². The fourth-order valence-electron chi connectivity index (χ4n) is 1.52. The second-order valence-electron chi connectivity index (χ2n) is 3.34. The van der Waals surface area contributed by atoms with Crippen LogP contribution in [0.2, 0.25) is 5.02 Å². The van der Waals surface area contributed by atoms with Crippen molar-refractivity contribution in [1.29, 1.82) is 0 Å². The maximum absolute atomic E-state index is 11.3. The highest BCUT2D eigenvalue weighted by atomic mass is 35.5. The van der Waals surface area contributed by atoms with E-state index in [1.807, 2.05) is 6.07 Å². The molecule has 17 heavy (non-hydrogen) atoms. The van der Waals surface area contributed by atoms with E-state index in [9.17, 15) is 4.79 Å². The minimum atomic E-state index is -0.498. The normalized spacial score (nSPS) is 10.2. The molecule has 0 atom stereocenters. The monoisotopic (exact) mass is 250 g/mol. The number of nitrogens with zero attached hydrogens (tertiary/aromatic N) is 1. The van der Waals surface area contributed by atoms with E-state index in [1.165, 1.54) is 0 Å². The number of para-hydroxylation sites is 1. The Morgan fingerprint density at radius 3 is 3.06 bits per heavy atom. The lowest BCUT2D eigenvalue weighted by atomic mass is 10.2. The zero-order chi connectivity index (χ0) is 12.3. The lowest BCUT2D eigenvalue weighted by molar-refractivity contribution is 0.168. The number of ether oxygens (including phenoxy) is 1. The van der Waals surface area contributed by atoms with Gasteiger partial charge in [0.25, 0.3) is 0 Å². The van der Waals surface area contributed by atoms with Crippen LogP contribution in [0.4, 0.5) is 10.5 Å². The van der Waals surface area contributed by atoms with Gasteiger partial charge in [-0.2, -0.15) is 0 Å². The average molecular weight is 251 g/mol. The number of pyridine rings is 1. The van der Waals surface area contributed by atoms with E-state index in [0.29, 0.717) is 22.8 Å². The Morgan fingerprint density at radius 2 is 2.29 bits per heavy atom. The molecule has 1 N–H and O–H groups in total. The number of hydrogen-bond acceptors (Lipinski definition) is 3. The number of benzene rings is 1. The Labute approximate surface area is 104 Å². The summed E-state index contributed by atoms with van der Waals surface area (Å²) in [6, 6.07) is 7.11. The quantitative estimate of drug-likeness (QED) is 0.888. The number of halogens is 1. The number of amides is 1. The van der Waals surface area contributed by atoms with Crippen LogP contribution in [-0.2, 0) is 4.74 Å². The highest BCUT2D eigenvalue weighted by Gasteiger charge is 2.08. The first kappa shape index (κ1) is 11.7. The van der Waals surface area contributed by atoms with Crippen molar-refractivity contribution in [3.63, 3.8) is 0 Å². The van der Waals surface area contributed by atoms with Crippen molar-refractivity contribution in [2.24, 2.45) is 0 Å². The van der Waals surface area contributed by atoms with Gasteiger partial charge in [0.15, 0.2) is 0 Å². The van der Waals surface area contributed by atoms with Crippen LogP contribution in [0.25, 0.3) is 10.9 Å². The highest BCUT2D eigenvalue weighted by Crippen LogP contribution is 2.26. The van der Waals surface area contributed by atoms with Crippen molar-refractivity contribution in [3.8, 4) is 0 Å². The summed E-state index contributed by atoms with van der Waals surface area (Å²) in [7, 11) is 0. The van der Waals surface area contributed by atoms with E-state index in [0.717, 1.165) is 5.39 Å². The third kappa shape index (κ3) is 2.47. The predicted molar refractivity (Wildman–Crippen MR) is 67.4 cm³/mol. The number of hydrogen-bond donors (Lipinski definition) is 1. The van der Waals surface area contributed by atoms with E-state index < -0.39 is 6.09 Å². The van der Waals surface area contributed by atoms with Gasteiger partial charge in [-0.05, 0) is 19.1 Å². The average Bonchev–Trinajstić information content (AvgIpc) is 2.31. The molecule has 1 heterocycles. The molecule has 0 aliphatic rings. The number of fused-ring (bicyclic) bond motifs is 1. The van der Waals surface area contributed by atoms with Gasteiger partial charge in [-0.1, -0.05) is 23.7 Å². The van der Waals surface area contributed by atoms with Crippen LogP contribution in [0.5, 0.6) is 0 Å². The summed E-state index contributed by atoms with van der Waals surface area (Å²) in [6.07, 6.45) is 1.10. The molecule has 0 unspecified atom stereocenters. The van der Waals surface area contributed by atoms with Crippen molar-refractivity contribution in [1.82, 2.24) is 4.98 Å². The van der Waals surface area contributed by atoms with E-state index in [4.69, 9.17) is 16.3 Å². The van der Waals surface area contributed by atoms with E-state index in [1.54, 1.807) is 31.3 Å². The van der Waals surface area contributed by atoms with Crippen LogP contribution >= 0.6 is 11.6 Å². The van der Waals surface area contributed by atoms with Crippen LogP contribution in [0.3, 0.4) is 0 Å². The summed E-state index contributed by atoms with van der Waals surface area (Å²) in [5.41, 5.74) is 1.23. The summed E-state index contributed by atoms with van der Waals surface area (Å²) >= 11 is 6.04. The Kier molecular flexibility index (Phi) is 3.44. The maximum atomic E-state index is 11.3. The molecule has 0 fully saturated rings. The number of rotatable bonds is 2. The molecule has 2 rings (SSSR count). The number of aromatic nitrogens is 1. The third-order valence-electron chi connectivity index (χ3n) is 2.23. The number of carbonyl (C=O) groups excluding carboxylic acids is 1. The van der Waals surface area contributed by atoms with Gasteiger partial charge < -0.3 is 4.74 Å². The van der Waals surface area contributed by atoms with Crippen molar-refractivity contribution in [2.45, 2.75) is 6.92 Å². The SMILES string of the molecule is CCOC(=O)Nc1cccc2c(Cl)ccnc12. The standard InChI is InChI=1S/C12H11ClN2O2/c1-2-17-12(16)15-10-5-3-4-8-9(13)6-7-14-11(8)10/h3-7H,2H2,1H3,(H,15,16). The fraction of sp³-hybridized carbons (Fsp3) is 0.167. The van der Waals surface area contributed by atoms with Crippen LogP contribution in [0.1, 0.15) is 6.92 Å². The second kappa shape index (κ2) is 5.01. The molecule has 88 valence electrons. The first-order valence-corrected chi connectivity index (χ1v) is 5.57. The summed E-state index contributed by atoms with van der Waals surface area (Å²) in [6.45, 7) is 2.07. The van der Waals surface area contributed by atoms with Gasteiger partial charge in [-0.25, -0.2) is 4.79 Å². The summed E-state index contributed by atoms with van der Waals surface area (Å²) in [4.78, 5) is 15.5. The Hall–Kier alpha value is -1.81. The third-order valence-corrected chi connectivity index (χ3v) is 2.56. The molecule has 0 aliphatic heterocycles. The highest BCUT2D eigenvalue weighted by molar-refractivity contribution is 6.35. The fourth-order valence-corrected chi connectivity index (χ4v) is 1.73. The van der Waals surface area contributed by atoms with Crippen LogP contribution in [0.15, 0.2) is 30.5 Å². The van der Waals surface area contributed by atoms with Crippen LogP contribution in [-0.4, -0.2) is 17.7 Å². The molecule has 1 amide bonds. The molecular formula is C12H11ClN2O2. The van der Waals surface area contributed by atoms with Gasteiger partial charge in [0, 0.05) is 11.6 Å². The molecule has 0 saturated heterocycles. The molecule has 0 bridgehead atoms. The van der Waals surface area contributed by atoms with Crippen molar-refractivity contribution < 1.29 is 9.53 Å². The molecule has 2 aromatic rings. The number of carbonyl (C=O) groups is 1. The lowest BCUT2D eigenvalue weighted by Gasteiger charge is -2.08. The molecular weight excluding hydrogens is 240 g/mol. The maximum Gasteiger partial charge on any atom is 0.411 e. The largest absolute Gasteiger partial charge is 0.450 e. The van der Waals surface area contributed by atoms with Crippen molar-refractivity contribution in [3.05, 3.63) is 35.5 Å². The minimum absolute atomic E-state index is 0.324. The molecule has 0 radical (unpaired) electrons. The minimum Gasteiger partial charge on any atom is -0.450 e. The number of anilines is 1. The van der Waals surface area contributed by atoms with Gasteiger partial charge in [0.1, 0.15) is 0 Å². The molecule has 1 aromatic heterocycles. The first-order chi connectivity index (χ1) is 8.22. The van der Waals surface area contributed by atoms with Gasteiger partial charge >= 0.3 is 6.09 Å². The Morgan fingerprint density at radius 1 is 1.47 bits per heavy atom. The van der Waals surface area contributed by atoms with E-state index >= 15 is 0 Å². The molecule has 5 heteroatoms. The van der Waals surface area contributed by atoms with Gasteiger partial charge in [-0.15, -0.1) is 0 Å². The molecule has 0 spiro atoms. The van der Waals surface area contributed by atoms with E-state index in [2.05, 4.69) is 10.3 Å². The molecule has 0 saturated carbocycles. The van der Waals surface area contributed by atoms with E-state index in [-0.39, 0.29) is 0 Å². The second-order valence-corrected chi connectivity index (χ2v) is 3.75. The van der Waals surface area contributed by atoms with Gasteiger partial charge in [0.2, 0.25) is 0 Å². The first-order valence-electron chi connectivity index (χ1n) is 5.19. The smallest absolute Gasteiger partial charge is 0.411 e. The zero-order valence-corrected chi connectivity index (χ0v) is 9.99. The van der Waals surface area contributed by atoms with Gasteiger partial charge in [0.05, 0.1) is 22.8 Å². The zero-order valence-electron chi connectivity index (χ0n) is 9.24. The Bertz CT molecular complexity index is 557.